The Morgan fingerprint density at radius 1 is 0.846 bits per heavy atom. The van der Waals surface area contributed by atoms with Gasteiger partial charge in [0.2, 0.25) is 0 Å². The normalized spacial score (nSPS) is 12.3. The van der Waals surface area contributed by atoms with Gasteiger partial charge in [0.05, 0.1) is 0 Å². The fourth-order valence-electron chi connectivity index (χ4n) is 3.45. The Bertz CT molecular complexity index is 1140. The molecule has 4 aromatic rings. The van der Waals surface area contributed by atoms with Gasteiger partial charge in [0.25, 0.3) is 0 Å². The van der Waals surface area contributed by atoms with Crippen LogP contribution in [0.5, 0.6) is 0 Å². The monoisotopic (exact) mass is 335 g/mol. The molecule has 126 valence electrons. The fourth-order valence-corrected chi connectivity index (χ4v) is 3.45. The molecule has 1 aromatic heterocycles. The highest BCUT2D eigenvalue weighted by Crippen LogP contribution is 2.31. The van der Waals surface area contributed by atoms with E-state index in [0.29, 0.717) is 0 Å². The maximum Gasteiger partial charge on any atom is 0.0471 e. The van der Waals surface area contributed by atoms with Crippen LogP contribution < -0.4 is 0 Å². The van der Waals surface area contributed by atoms with Crippen molar-refractivity contribution in [3.8, 4) is 11.1 Å². The molecule has 0 aliphatic carbocycles. The largest absolute Gasteiger partial charge is 0.354 e. The van der Waals surface area contributed by atoms with Crippen molar-refractivity contribution in [2.45, 2.75) is 6.92 Å². The molecule has 0 radical (unpaired) electrons. The second kappa shape index (κ2) is 6.89. The summed E-state index contributed by atoms with van der Waals surface area (Å²) in [5, 5.41) is 2.51. The Morgan fingerprint density at radius 3 is 2.31 bits per heavy atom. The first-order valence-corrected chi connectivity index (χ1v) is 8.87. The second-order valence-corrected chi connectivity index (χ2v) is 6.37. The van der Waals surface area contributed by atoms with Gasteiger partial charge in [-0.3, -0.25) is 0 Å². The zero-order valence-electron chi connectivity index (χ0n) is 14.9. The Hall–Kier alpha value is -3.32. The summed E-state index contributed by atoms with van der Waals surface area (Å²) in [7, 11) is 0. The first-order chi connectivity index (χ1) is 12.8. The predicted octanol–water partition coefficient (Wildman–Crippen LogP) is 7.13. The molecule has 0 fully saturated rings. The van der Waals surface area contributed by atoms with Gasteiger partial charge in [-0.25, -0.2) is 0 Å². The predicted molar refractivity (Wildman–Crippen MR) is 114 cm³/mol. The Kier molecular flexibility index (Phi) is 4.28. The molecule has 0 amide bonds. The Morgan fingerprint density at radius 2 is 1.58 bits per heavy atom. The summed E-state index contributed by atoms with van der Waals surface area (Å²) in [6.45, 7) is 5.86. The van der Waals surface area contributed by atoms with Crippen molar-refractivity contribution in [2.24, 2.45) is 0 Å². The van der Waals surface area contributed by atoms with E-state index >= 15 is 0 Å². The number of fused-ring (bicyclic) bond motifs is 3. The molecule has 0 atom stereocenters. The first kappa shape index (κ1) is 16.2. The summed E-state index contributed by atoms with van der Waals surface area (Å²) >= 11 is 0. The third-order valence-corrected chi connectivity index (χ3v) is 4.68. The molecular formula is C25H21N. The molecule has 1 heterocycles. The number of nitrogens with one attached hydrogen (secondary N) is 1. The number of H-pyrrole nitrogens is 1. The van der Waals surface area contributed by atoms with Gasteiger partial charge in [-0.15, -0.1) is 0 Å². The molecule has 4 rings (SSSR count). The third-order valence-electron chi connectivity index (χ3n) is 4.68. The average Bonchev–Trinajstić information content (AvgIpc) is 3.05. The highest BCUT2D eigenvalue weighted by atomic mass is 14.7. The highest BCUT2D eigenvalue weighted by molar-refractivity contribution is 6.09. The van der Waals surface area contributed by atoms with E-state index in [1.165, 1.54) is 33.0 Å². The summed E-state index contributed by atoms with van der Waals surface area (Å²) in [6, 6.07) is 23.7. The molecule has 0 aliphatic rings. The van der Waals surface area contributed by atoms with Crippen LogP contribution >= 0.6 is 0 Å². The van der Waals surface area contributed by atoms with Crippen molar-refractivity contribution >= 4 is 27.4 Å². The van der Waals surface area contributed by atoms with Crippen LogP contribution in [-0.2, 0) is 0 Å². The van der Waals surface area contributed by atoms with Gasteiger partial charge in [-0.1, -0.05) is 85.5 Å². The number of hydrogen-bond acceptors (Lipinski definition) is 0. The van der Waals surface area contributed by atoms with Crippen LogP contribution in [0.2, 0.25) is 0 Å². The maximum absolute atomic E-state index is 3.83. The fraction of sp³-hybridized carbons (Fsp3) is 0.0400. The van der Waals surface area contributed by atoms with Crippen LogP contribution in [0.3, 0.4) is 0 Å². The summed E-state index contributed by atoms with van der Waals surface area (Å²) in [6.07, 6.45) is 8.03. The number of aromatic nitrogens is 1. The zero-order valence-corrected chi connectivity index (χ0v) is 14.9. The number of aromatic amines is 1. The quantitative estimate of drug-likeness (QED) is 0.382. The van der Waals surface area contributed by atoms with E-state index in [2.05, 4.69) is 84.4 Å². The summed E-state index contributed by atoms with van der Waals surface area (Å²) in [5.41, 5.74) is 7.13. The molecule has 1 nitrogen and oxygen atoms in total. The molecule has 0 saturated carbocycles. The highest BCUT2D eigenvalue weighted by Gasteiger charge is 2.08. The van der Waals surface area contributed by atoms with E-state index in [4.69, 9.17) is 0 Å². The Labute approximate surface area is 154 Å². The molecule has 0 unspecified atom stereocenters. The average molecular weight is 335 g/mol. The molecule has 26 heavy (non-hydrogen) atoms. The van der Waals surface area contributed by atoms with Crippen molar-refractivity contribution in [3.05, 3.63) is 103 Å². The van der Waals surface area contributed by atoms with Crippen molar-refractivity contribution < 1.29 is 0 Å². The molecule has 0 bridgehead atoms. The van der Waals surface area contributed by atoms with Crippen LogP contribution in [-0.4, -0.2) is 4.98 Å². The van der Waals surface area contributed by atoms with Gasteiger partial charge < -0.3 is 4.98 Å². The van der Waals surface area contributed by atoms with Crippen LogP contribution in [0.4, 0.5) is 0 Å². The lowest BCUT2D eigenvalue weighted by atomic mass is 10.0. The summed E-state index contributed by atoms with van der Waals surface area (Å²) in [4.78, 5) is 3.59. The number of benzene rings is 3. The molecule has 0 spiro atoms. The van der Waals surface area contributed by atoms with Crippen molar-refractivity contribution in [2.75, 3.05) is 0 Å². The Balaban J connectivity index is 1.86. The van der Waals surface area contributed by atoms with Gasteiger partial charge in [0, 0.05) is 21.8 Å². The van der Waals surface area contributed by atoms with Crippen molar-refractivity contribution in [3.63, 3.8) is 0 Å². The standard InChI is InChI=1S/C25H21N/c1-3-8-18(9-4-2)20-12-14-22-23-15-13-21(19-10-6-5-7-11-19)17-25(23)26-24(22)16-20/h3-17,26H,1H2,2H3/b9-4-,18-8+. The lowest BCUT2D eigenvalue weighted by molar-refractivity contribution is 1.53. The molecule has 0 aliphatic heterocycles. The molecule has 1 N–H and O–H groups in total. The van der Waals surface area contributed by atoms with Crippen LogP contribution in [0.1, 0.15) is 12.5 Å². The minimum Gasteiger partial charge on any atom is -0.354 e. The SMILES string of the molecule is C=C/C=C(\C=C/C)c1ccc2c(c1)[nH]c1cc(-c3ccccc3)ccc12. The van der Waals surface area contributed by atoms with Gasteiger partial charge in [0.1, 0.15) is 0 Å². The second-order valence-electron chi connectivity index (χ2n) is 6.37. The number of hydrogen-bond donors (Lipinski definition) is 1. The molecule has 3 aromatic carbocycles. The van der Waals surface area contributed by atoms with Gasteiger partial charge in [-0.2, -0.15) is 0 Å². The third kappa shape index (κ3) is 2.89. The minimum absolute atomic E-state index is 1.15. The zero-order chi connectivity index (χ0) is 17.9. The number of rotatable bonds is 4. The van der Waals surface area contributed by atoms with Gasteiger partial charge in [0.15, 0.2) is 0 Å². The van der Waals surface area contributed by atoms with E-state index in [0.717, 1.165) is 11.1 Å². The molecule has 1 heteroatoms. The smallest absolute Gasteiger partial charge is 0.0471 e. The summed E-state index contributed by atoms with van der Waals surface area (Å²) in [5.74, 6) is 0. The maximum atomic E-state index is 3.83. The van der Waals surface area contributed by atoms with E-state index in [-0.39, 0.29) is 0 Å². The van der Waals surface area contributed by atoms with Crippen LogP contribution in [0.25, 0.3) is 38.5 Å². The van der Waals surface area contributed by atoms with Gasteiger partial charge >= 0.3 is 0 Å². The van der Waals surface area contributed by atoms with E-state index in [9.17, 15) is 0 Å². The van der Waals surface area contributed by atoms with Crippen molar-refractivity contribution in [1.82, 2.24) is 4.98 Å². The molecular weight excluding hydrogens is 314 g/mol. The first-order valence-electron chi connectivity index (χ1n) is 8.87. The van der Waals surface area contributed by atoms with Crippen LogP contribution in [0.15, 0.2) is 97.6 Å². The topological polar surface area (TPSA) is 15.8 Å². The van der Waals surface area contributed by atoms with E-state index < -0.39 is 0 Å². The van der Waals surface area contributed by atoms with Gasteiger partial charge in [-0.05, 0) is 41.3 Å². The minimum atomic E-state index is 1.15. The summed E-state index contributed by atoms with van der Waals surface area (Å²) < 4.78 is 0. The lowest BCUT2D eigenvalue weighted by Gasteiger charge is -2.02. The molecule has 0 saturated heterocycles. The van der Waals surface area contributed by atoms with Crippen molar-refractivity contribution in [1.29, 1.82) is 0 Å². The lowest BCUT2D eigenvalue weighted by Crippen LogP contribution is -1.81. The van der Waals surface area contributed by atoms with E-state index in [1.54, 1.807) is 0 Å². The van der Waals surface area contributed by atoms with E-state index in [1.807, 2.05) is 25.1 Å². The van der Waals surface area contributed by atoms with Crippen LogP contribution in [0, 0.1) is 0 Å². The number of allylic oxidation sites excluding steroid dienone is 5.